The van der Waals surface area contributed by atoms with E-state index in [1.54, 1.807) is 5.57 Å². The van der Waals surface area contributed by atoms with E-state index in [4.69, 9.17) is 0 Å². The molecule has 0 saturated heterocycles. The van der Waals surface area contributed by atoms with Crippen LogP contribution in [0.4, 0.5) is 0 Å². The summed E-state index contributed by atoms with van der Waals surface area (Å²) in [4.78, 5) is 0. The second kappa shape index (κ2) is 9.07. The highest BCUT2D eigenvalue weighted by atomic mass is 14.8. The van der Waals surface area contributed by atoms with Gasteiger partial charge in [-0.3, -0.25) is 0 Å². The molecule has 4 aliphatic rings. The highest BCUT2D eigenvalue weighted by molar-refractivity contribution is 5.27. The average molecular weight is 386 g/mol. The monoisotopic (exact) mass is 385 g/mol. The number of hydrogen-bond donors (Lipinski definition) is 1. The average Bonchev–Trinajstić information content (AvgIpc) is 2.98. The summed E-state index contributed by atoms with van der Waals surface area (Å²) < 4.78 is 0. The Bertz CT molecular complexity index is 571. The molecule has 0 aromatic heterocycles. The van der Waals surface area contributed by atoms with E-state index in [-0.39, 0.29) is 0 Å². The zero-order chi connectivity index (χ0) is 20.4. The Morgan fingerprint density at radius 3 is 2.43 bits per heavy atom. The molecule has 0 amide bonds. The number of fused-ring (bicyclic) bond motifs is 5. The Balaban J connectivity index is 0.000000279. The zero-order valence-corrected chi connectivity index (χ0v) is 19.6. The van der Waals surface area contributed by atoms with Crippen LogP contribution in [0.2, 0.25) is 0 Å². The van der Waals surface area contributed by atoms with Gasteiger partial charge in [0, 0.05) is 0 Å². The molecule has 0 aliphatic heterocycles. The zero-order valence-electron chi connectivity index (χ0n) is 19.6. The van der Waals surface area contributed by atoms with E-state index in [2.05, 4.69) is 45.7 Å². The van der Waals surface area contributed by atoms with Crippen LogP contribution >= 0.6 is 0 Å². The van der Waals surface area contributed by atoms with Crippen LogP contribution in [0.3, 0.4) is 0 Å². The third-order valence-corrected chi connectivity index (χ3v) is 9.33. The van der Waals surface area contributed by atoms with Crippen molar-refractivity contribution in [2.24, 2.45) is 34.5 Å². The summed E-state index contributed by atoms with van der Waals surface area (Å²) in [5, 5.41) is 3.10. The van der Waals surface area contributed by atoms with Gasteiger partial charge < -0.3 is 5.32 Å². The van der Waals surface area contributed by atoms with E-state index in [1.165, 1.54) is 77.2 Å². The standard InChI is InChI=1S/C21H32.C6H15N/c1-14-9-11-21(4)16(13-14)6-7-17-18-8-5-15(2)20(18,3)12-10-19(17)21;1-3-4-5-6-7-2/h13-14,17-19H,2,5-12H2,1,3-4H3;7H,3-6H2,1-2H3/t14-,17?,18?,19?,20+,21-;/m0./s1. The van der Waals surface area contributed by atoms with Crippen molar-refractivity contribution < 1.29 is 0 Å². The fraction of sp³-hybridized carbons (Fsp3) is 0.852. The van der Waals surface area contributed by atoms with E-state index >= 15 is 0 Å². The van der Waals surface area contributed by atoms with Crippen molar-refractivity contribution in [3.63, 3.8) is 0 Å². The smallest absolute Gasteiger partial charge is 0.00519 e. The first-order valence-corrected chi connectivity index (χ1v) is 12.4. The predicted octanol–water partition coefficient (Wildman–Crippen LogP) is 7.54. The maximum absolute atomic E-state index is 4.45. The van der Waals surface area contributed by atoms with Crippen LogP contribution in [0.25, 0.3) is 0 Å². The molecule has 0 bridgehead atoms. The van der Waals surface area contributed by atoms with Crippen molar-refractivity contribution in [2.45, 2.75) is 98.3 Å². The number of nitrogens with one attached hydrogen (secondary N) is 1. The maximum Gasteiger partial charge on any atom is -0.00519 e. The lowest BCUT2D eigenvalue weighted by Crippen LogP contribution is -2.49. The van der Waals surface area contributed by atoms with Gasteiger partial charge in [-0.25, -0.2) is 0 Å². The van der Waals surface area contributed by atoms with E-state index < -0.39 is 0 Å². The Kier molecular flexibility index (Phi) is 7.17. The van der Waals surface area contributed by atoms with Gasteiger partial charge in [-0.2, -0.15) is 0 Å². The maximum atomic E-state index is 4.45. The molecule has 0 heterocycles. The lowest BCUT2D eigenvalue weighted by Gasteiger charge is -2.58. The fourth-order valence-corrected chi connectivity index (χ4v) is 7.36. The van der Waals surface area contributed by atoms with Gasteiger partial charge in [0.1, 0.15) is 0 Å². The molecule has 1 heteroatoms. The van der Waals surface area contributed by atoms with Crippen molar-refractivity contribution >= 4 is 0 Å². The van der Waals surface area contributed by atoms with Crippen molar-refractivity contribution in [3.05, 3.63) is 23.8 Å². The van der Waals surface area contributed by atoms with Crippen LogP contribution in [0.1, 0.15) is 98.3 Å². The number of unbranched alkanes of at least 4 members (excludes halogenated alkanes) is 2. The summed E-state index contributed by atoms with van der Waals surface area (Å²) in [6.45, 7) is 15.4. The molecule has 4 rings (SSSR count). The second-order valence-corrected chi connectivity index (χ2v) is 10.9. The van der Waals surface area contributed by atoms with Crippen molar-refractivity contribution in [1.82, 2.24) is 5.32 Å². The molecule has 3 unspecified atom stereocenters. The Hall–Kier alpha value is -0.560. The predicted molar refractivity (Wildman–Crippen MR) is 123 cm³/mol. The number of rotatable bonds is 4. The lowest BCUT2D eigenvalue weighted by molar-refractivity contribution is -0.0272. The Labute approximate surface area is 175 Å². The minimum absolute atomic E-state index is 0.487. The minimum atomic E-state index is 0.487. The van der Waals surface area contributed by atoms with Gasteiger partial charge in [0.15, 0.2) is 0 Å². The summed E-state index contributed by atoms with van der Waals surface area (Å²) in [7, 11) is 2.00. The minimum Gasteiger partial charge on any atom is -0.320 e. The van der Waals surface area contributed by atoms with Crippen LogP contribution in [0.15, 0.2) is 23.8 Å². The van der Waals surface area contributed by atoms with Gasteiger partial charge in [-0.05, 0) is 106 Å². The summed E-state index contributed by atoms with van der Waals surface area (Å²) in [6, 6.07) is 0. The number of allylic oxidation sites excluding steroid dienone is 3. The summed E-state index contributed by atoms with van der Waals surface area (Å²) in [5.41, 5.74) is 4.44. The first-order valence-electron chi connectivity index (χ1n) is 12.4. The molecule has 4 aliphatic carbocycles. The third kappa shape index (κ3) is 4.03. The van der Waals surface area contributed by atoms with Crippen molar-refractivity contribution in [1.29, 1.82) is 0 Å². The molecule has 6 atom stereocenters. The van der Waals surface area contributed by atoms with Gasteiger partial charge in [-0.15, -0.1) is 0 Å². The third-order valence-electron chi connectivity index (χ3n) is 9.33. The lowest BCUT2D eigenvalue weighted by atomic mass is 9.47. The molecule has 0 aromatic rings. The molecule has 28 heavy (non-hydrogen) atoms. The first kappa shape index (κ1) is 22.1. The van der Waals surface area contributed by atoms with Crippen LogP contribution in [0, 0.1) is 34.5 Å². The van der Waals surface area contributed by atoms with E-state index in [0.29, 0.717) is 10.8 Å². The molecule has 1 N–H and O–H groups in total. The normalized spacial score (nSPS) is 41.9. The van der Waals surface area contributed by atoms with E-state index in [0.717, 1.165) is 23.7 Å². The molecule has 1 nitrogen and oxygen atoms in total. The molecular formula is C27H47N. The molecule has 0 spiro atoms. The summed E-state index contributed by atoms with van der Waals surface area (Å²) in [5.74, 6) is 3.72. The van der Waals surface area contributed by atoms with Gasteiger partial charge in [0.25, 0.3) is 0 Å². The molecule has 3 saturated carbocycles. The topological polar surface area (TPSA) is 12.0 Å². The fourth-order valence-electron chi connectivity index (χ4n) is 7.36. The molecule has 0 aromatic carbocycles. The highest BCUT2D eigenvalue weighted by Crippen LogP contribution is 2.66. The van der Waals surface area contributed by atoms with Crippen LogP contribution in [-0.4, -0.2) is 13.6 Å². The van der Waals surface area contributed by atoms with E-state index in [1.807, 2.05) is 12.6 Å². The first-order chi connectivity index (χ1) is 13.4. The van der Waals surface area contributed by atoms with Crippen LogP contribution in [0.5, 0.6) is 0 Å². The van der Waals surface area contributed by atoms with Gasteiger partial charge >= 0.3 is 0 Å². The molecule has 3 fully saturated rings. The van der Waals surface area contributed by atoms with Crippen molar-refractivity contribution in [3.8, 4) is 0 Å². The van der Waals surface area contributed by atoms with Crippen LogP contribution < -0.4 is 5.32 Å². The number of hydrogen-bond acceptors (Lipinski definition) is 1. The molecule has 0 radical (unpaired) electrons. The van der Waals surface area contributed by atoms with Crippen molar-refractivity contribution in [2.75, 3.05) is 13.6 Å². The van der Waals surface area contributed by atoms with Crippen LogP contribution in [-0.2, 0) is 0 Å². The quantitative estimate of drug-likeness (QED) is 0.389. The van der Waals surface area contributed by atoms with Gasteiger partial charge in [0.2, 0.25) is 0 Å². The highest BCUT2D eigenvalue weighted by Gasteiger charge is 2.56. The Morgan fingerprint density at radius 1 is 1.00 bits per heavy atom. The molecule has 160 valence electrons. The summed E-state index contributed by atoms with van der Waals surface area (Å²) >= 11 is 0. The molecular weight excluding hydrogens is 338 g/mol. The van der Waals surface area contributed by atoms with Gasteiger partial charge in [-0.1, -0.05) is 64.3 Å². The SMILES string of the molecule is C=C1CCC2C3CCC4=C[C@@H](C)CC[C@]4(C)C3CC[C@]12C.CCCCCNC. The summed E-state index contributed by atoms with van der Waals surface area (Å²) in [6.07, 6.45) is 18.0. The largest absolute Gasteiger partial charge is 0.320 e. The van der Waals surface area contributed by atoms with E-state index in [9.17, 15) is 0 Å². The second-order valence-electron chi connectivity index (χ2n) is 10.9. The van der Waals surface area contributed by atoms with Gasteiger partial charge in [0.05, 0.1) is 0 Å². The Morgan fingerprint density at radius 2 is 1.71 bits per heavy atom.